The van der Waals surface area contributed by atoms with Gasteiger partial charge in [-0.3, -0.25) is 5.32 Å². The van der Waals surface area contributed by atoms with Crippen LogP contribution in [-0.4, -0.2) is 28.8 Å². The molecular formula is C17H21N5O. The first-order valence-corrected chi connectivity index (χ1v) is 7.85. The van der Waals surface area contributed by atoms with E-state index >= 15 is 0 Å². The number of nitrogens with zero attached hydrogens (tertiary/aromatic N) is 3. The Hall–Kier alpha value is -2.63. The molecule has 0 atom stereocenters. The summed E-state index contributed by atoms with van der Waals surface area (Å²) in [6, 6.07) is 12.0. The second-order valence-corrected chi connectivity index (χ2v) is 5.97. The van der Waals surface area contributed by atoms with E-state index in [1.807, 2.05) is 19.9 Å². The quantitative estimate of drug-likeness (QED) is 0.914. The Morgan fingerprint density at radius 1 is 1.13 bits per heavy atom. The second-order valence-electron chi connectivity index (χ2n) is 5.97. The lowest BCUT2D eigenvalue weighted by Crippen LogP contribution is -2.34. The van der Waals surface area contributed by atoms with Crippen LogP contribution in [0.3, 0.4) is 0 Å². The van der Waals surface area contributed by atoms with Gasteiger partial charge in [-0.25, -0.2) is 4.79 Å². The maximum atomic E-state index is 11.6. The molecule has 1 aliphatic rings. The van der Waals surface area contributed by atoms with Crippen molar-refractivity contribution in [3.8, 4) is 0 Å². The SMILES string of the molecule is CC(C)NC(=O)Nc1ccc(N2CCc3ccccc3C2)nn1. The van der Waals surface area contributed by atoms with Crippen LogP contribution in [0.2, 0.25) is 0 Å². The van der Waals surface area contributed by atoms with Gasteiger partial charge in [0, 0.05) is 19.1 Å². The van der Waals surface area contributed by atoms with Crippen LogP contribution in [0.1, 0.15) is 25.0 Å². The molecule has 6 nitrogen and oxygen atoms in total. The van der Waals surface area contributed by atoms with Gasteiger partial charge in [-0.2, -0.15) is 0 Å². The summed E-state index contributed by atoms with van der Waals surface area (Å²) in [7, 11) is 0. The van der Waals surface area contributed by atoms with Gasteiger partial charge in [-0.15, -0.1) is 10.2 Å². The van der Waals surface area contributed by atoms with E-state index in [1.165, 1.54) is 11.1 Å². The first-order chi connectivity index (χ1) is 11.1. The van der Waals surface area contributed by atoms with Crippen molar-refractivity contribution in [2.75, 3.05) is 16.8 Å². The summed E-state index contributed by atoms with van der Waals surface area (Å²) < 4.78 is 0. The maximum Gasteiger partial charge on any atom is 0.320 e. The van der Waals surface area contributed by atoms with Crippen LogP contribution >= 0.6 is 0 Å². The molecule has 0 unspecified atom stereocenters. The average molecular weight is 311 g/mol. The summed E-state index contributed by atoms with van der Waals surface area (Å²) in [4.78, 5) is 13.8. The molecule has 23 heavy (non-hydrogen) atoms. The highest BCUT2D eigenvalue weighted by Crippen LogP contribution is 2.22. The molecule has 0 bridgehead atoms. The minimum Gasteiger partial charge on any atom is -0.350 e. The minimum atomic E-state index is -0.269. The summed E-state index contributed by atoms with van der Waals surface area (Å²) in [6.07, 6.45) is 1.01. The first kappa shape index (κ1) is 15.3. The number of carbonyl (C=O) groups excluding carboxylic acids is 1. The second kappa shape index (κ2) is 6.64. The number of urea groups is 1. The van der Waals surface area contributed by atoms with Gasteiger partial charge in [0.2, 0.25) is 0 Å². The molecule has 2 heterocycles. The van der Waals surface area contributed by atoms with Gasteiger partial charge in [-0.1, -0.05) is 24.3 Å². The lowest BCUT2D eigenvalue weighted by Gasteiger charge is -2.29. The van der Waals surface area contributed by atoms with Crippen LogP contribution in [-0.2, 0) is 13.0 Å². The molecule has 0 saturated heterocycles. The third-order valence-corrected chi connectivity index (χ3v) is 3.77. The van der Waals surface area contributed by atoms with E-state index in [2.05, 4.69) is 50.0 Å². The van der Waals surface area contributed by atoms with Crippen molar-refractivity contribution < 1.29 is 4.79 Å². The number of nitrogens with one attached hydrogen (secondary N) is 2. The number of hydrogen-bond acceptors (Lipinski definition) is 4. The van der Waals surface area contributed by atoms with E-state index in [4.69, 9.17) is 0 Å². The molecule has 0 radical (unpaired) electrons. The standard InChI is InChI=1S/C17H21N5O/c1-12(2)18-17(23)19-15-7-8-16(21-20-15)22-10-9-13-5-3-4-6-14(13)11-22/h3-8,12H,9-11H2,1-2H3,(H2,18,19,20,23). The fourth-order valence-electron chi connectivity index (χ4n) is 2.67. The molecule has 2 N–H and O–H groups in total. The molecule has 0 fully saturated rings. The Morgan fingerprint density at radius 3 is 2.61 bits per heavy atom. The van der Waals surface area contributed by atoms with Gasteiger partial charge in [-0.05, 0) is 43.5 Å². The largest absolute Gasteiger partial charge is 0.350 e. The molecule has 1 aromatic carbocycles. The number of aromatic nitrogens is 2. The minimum absolute atomic E-state index is 0.0793. The van der Waals surface area contributed by atoms with Crippen LogP contribution in [0.15, 0.2) is 36.4 Å². The zero-order valence-electron chi connectivity index (χ0n) is 13.4. The number of amides is 2. The van der Waals surface area contributed by atoms with Gasteiger partial charge in [0.25, 0.3) is 0 Å². The highest BCUT2D eigenvalue weighted by molar-refractivity contribution is 5.88. The molecular weight excluding hydrogens is 290 g/mol. The molecule has 1 aromatic heterocycles. The van der Waals surface area contributed by atoms with Crippen molar-refractivity contribution in [2.45, 2.75) is 32.9 Å². The molecule has 1 aliphatic heterocycles. The number of fused-ring (bicyclic) bond motifs is 1. The number of benzene rings is 1. The van der Waals surface area contributed by atoms with Gasteiger partial charge in [0.05, 0.1) is 0 Å². The lowest BCUT2D eigenvalue weighted by atomic mass is 10.00. The Kier molecular flexibility index (Phi) is 4.41. The molecule has 120 valence electrons. The van der Waals surface area contributed by atoms with Crippen molar-refractivity contribution in [3.63, 3.8) is 0 Å². The van der Waals surface area contributed by atoms with Crippen LogP contribution in [0, 0.1) is 0 Å². The van der Waals surface area contributed by atoms with Gasteiger partial charge in [0.15, 0.2) is 11.6 Å². The van der Waals surface area contributed by atoms with Crippen LogP contribution in [0.4, 0.5) is 16.4 Å². The van der Waals surface area contributed by atoms with E-state index in [1.54, 1.807) is 6.07 Å². The monoisotopic (exact) mass is 311 g/mol. The predicted octanol–water partition coefficient (Wildman–Crippen LogP) is 2.57. The highest BCUT2D eigenvalue weighted by Gasteiger charge is 2.17. The zero-order valence-corrected chi connectivity index (χ0v) is 13.4. The maximum absolute atomic E-state index is 11.6. The average Bonchev–Trinajstić information content (AvgIpc) is 2.54. The predicted molar refractivity (Wildman–Crippen MR) is 90.5 cm³/mol. The smallest absolute Gasteiger partial charge is 0.320 e. The van der Waals surface area contributed by atoms with Crippen molar-refractivity contribution in [2.24, 2.45) is 0 Å². The number of rotatable bonds is 3. The van der Waals surface area contributed by atoms with E-state index in [9.17, 15) is 4.79 Å². The summed E-state index contributed by atoms with van der Waals surface area (Å²) >= 11 is 0. The first-order valence-electron chi connectivity index (χ1n) is 7.85. The third kappa shape index (κ3) is 3.77. The summed E-state index contributed by atoms with van der Waals surface area (Å²) in [5, 5.41) is 13.8. The van der Waals surface area contributed by atoms with Crippen LogP contribution in [0.25, 0.3) is 0 Å². The molecule has 2 amide bonds. The fraction of sp³-hybridized carbons (Fsp3) is 0.353. The van der Waals surface area contributed by atoms with E-state index in [0.29, 0.717) is 5.82 Å². The molecule has 3 rings (SSSR count). The van der Waals surface area contributed by atoms with E-state index in [-0.39, 0.29) is 12.1 Å². The Morgan fingerprint density at radius 2 is 1.91 bits per heavy atom. The van der Waals surface area contributed by atoms with Crippen molar-refractivity contribution in [1.29, 1.82) is 0 Å². The molecule has 0 spiro atoms. The van der Waals surface area contributed by atoms with Crippen molar-refractivity contribution in [1.82, 2.24) is 15.5 Å². The molecule has 0 saturated carbocycles. The van der Waals surface area contributed by atoms with Gasteiger partial charge < -0.3 is 10.2 Å². The number of anilines is 2. The van der Waals surface area contributed by atoms with Crippen molar-refractivity contribution >= 4 is 17.7 Å². The lowest BCUT2D eigenvalue weighted by molar-refractivity contribution is 0.250. The summed E-state index contributed by atoms with van der Waals surface area (Å²) in [6.45, 7) is 5.57. The van der Waals surface area contributed by atoms with Crippen LogP contribution < -0.4 is 15.5 Å². The molecule has 6 heteroatoms. The number of carbonyl (C=O) groups is 1. The highest BCUT2D eigenvalue weighted by atomic mass is 16.2. The van der Waals surface area contributed by atoms with Crippen molar-refractivity contribution in [3.05, 3.63) is 47.5 Å². The van der Waals surface area contributed by atoms with Crippen LogP contribution in [0.5, 0.6) is 0 Å². The fourth-order valence-corrected chi connectivity index (χ4v) is 2.67. The summed E-state index contributed by atoms with van der Waals surface area (Å²) in [5.74, 6) is 1.28. The molecule has 0 aliphatic carbocycles. The van der Waals surface area contributed by atoms with Gasteiger partial charge in [0.1, 0.15) is 0 Å². The topological polar surface area (TPSA) is 70.2 Å². The van der Waals surface area contributed by atoms with E-state index < -0.39 is 0 Å². The third-order valence-electron chi connectivity index (χ3n) is 3.77. The Balaban J connectivity index is 1.65. The molecule has 2 aromatic rings. The normalized spacial score (nSPS) is 13.6. The van der Waals surface area contributed by atoms with Gasteiger partial charge >= 0.3 is 6.03 Å². The Labute approximate surface area is 135 Å². The van der Waals surface area contributed by atoms with E-state index in [0.717, 1.165) is 25.3 Å². The summed E-state index contributed by atoms with van der Waals surface area (Å²) in [5.41, 5.74) is 2.74. The number of hydrogen-bond donors (Lipinski definition) is 2. The Bertz CT molecular complexity index is 684. The zero-order chi connectivity index (χ0) is 16.2.